The van der Waals surface area contributed by atoms with E-state index in [2.05, 4.69) is 20.9 Å². The second-order valence-electron chi connectivity index (χ2n) is 4.44. The molecule has 0 aliphatic heterocycles. The molecule has 2 nitrogen and oxygen atoms in total. The van der Waals surface area contributed by atoms with E-state index >= 15 is 0 Å². The molecule has 22 heavy (non-hydrogen) atoms. The molecule has 0 atom stereocenters. The van der Waals surface area contributed by atoms with E-state index in [-0.39, 0.29) is 21.0 Å². The fourth-order valence-electron chi connectivity index (χ4n) is 2.10. The molecular formula is C15H7BrCl2F2N2. The molecule has 0 unspecified atom stereocenters. The highest BCUT2D eigenvalue weighted by atomic mass is 79.9. The minimum Gasteiger partial charge on any atom is -0.283 e. The first-order valence-electron chi connectivity index (χ1n) is 6.12. The molecule has 0 aliphatic rings. The highest BCUT2D eigenvalue weighted by Crippen LogP contribution is 2.34. The predicted molar refractivity (Wildman–Crippen MR) is 86.6 cm³/mol. The molecular weight excluding hydrogens is 397 g/mol. The maximum Gasteiger partial charge on any atom is 0.207 e. The summed E-state index contributed by atoms with van der Waals surface area (Å²) in [5, 5.41) is 0.637. The minimum absolute atomic E-state index is 0.0936. The van der Waals surface area contributed by atoms with Crippen molar-refractivity contribution in [2.24, 2.45) is 0 Å². The summed E-state index contributed by atoms with van der Waals surface area (Å²) in [5.74, 6) is -1.42. The van der Waals surface area contributed by atoms with Crippen LogP contribution >= 0.6 is 39.1 Å². The molecule has 112 valence electrons. The third kappa shape index (κ3) is 2.64. The van der Waals surface area contributed by atoms with E-state index in [0.717, 1.165) is 0 Å². The molecule has 0 bridgehead atoms. The first-order chi connectivity index (χ1) is 10.5. The first-order valence-corrected chi connectivity index (χ1v) is 7.67. The molecule has 3 rings (SSSR count). The van der Waals surface area contributed by atoms with Gasteiger partial charge in [0.05, 0.1) is 21.9 Å². The number of imidazole rings is 1. The van der Waals surface area contributed by atoms with Gasteiger partial charge in [-0.3, -0.25) is 4.57 Å². The summed E-state index contributed by atoms with van der Waals surface area (Å²) < 4.78 is 30.1. The largest absolute Gasteiger partial charge is 0.283 e. The van der Waals surface area contributed by atoms with Gasteiger partial charge in [-0.05, 0) is 63.9 Å². The smallest absolute Gasteiger partial charge is 0.207 e. The molecule has 7 heteroatoms. The average molecular weight is 404 g/mol. The van der Waals surface area contributed by atoms with Gasteiger partial charge in [-0.1, -0.05) is 11.6 Å². The van der Waals surface area contributed by atoms with Gasteiger partial charge in [-0.15, -0.1) is 0 Å². The molecule has 0 saturated heterocycles. The first kappa shape index (κ1) is 15.5. The normalized spacial score (nSPS) is 11.0. The Hall–Kier alpha value is -1.43. The fraction of sp³-hybridized carbons (Fsp3) is 0. The van der Waals surface area contributed by atoms with Crippen LogP contribution in [0, 0.1) is 11.6 Å². The van der Waals surface area contributed by atoms with Gasteiger partial charge in [0.2, 0.25) is 5.28 Å². The molecule has 0 saturated carbocycles. The number of hydrogen-bond donors (Lipinski definition) is 0. The molecule has 3 aromatic rings. The van der Waals surface area contributed by atoms with Crippen molar-refractivity contribution < 1.29 is 8.78 Å². The minimum atomic E-state index is -0.716. The lowest BCUT2D eigenvalue weighted by Gasteiger charge is -2.12. The van der Waals surface area contributed by atoms with Gasteiger partial charge in [-0.25, -0.2) is 13.8 Å². The lowest BCUT2D eigenvalue weighted by Crippen LogP contribution is -2.00. The van der Waals surface area contributed by atoms with Gasteiger partial charge >= 0.3 is 0 Å². The van der Waals surface area contributed by atoms with Crippen LogP contribution in [0.4, 0.5) is 8.78 Å². The number of hydrogen-bond acceptors (Lipinski definition) is 1. The Kier molecular flexibility index (Phi) is 4.21. The van der Waals surface area contributed by atoms with Crippen LogP contribution in [-0.2, 0) is 0 Å². The van der Waals surface area contributed by atoms with E-state index < -0.39 is 11.6 Å². The highest BCUT2D eigenvalue weighted by molar-refractivity contribution is 9.10. The van der Waals surface area contributed by atoms with E-state index in [0.29, 0.717) is 10.7 Å². The van der Waals surface area contributed by atoms with Crippen LogP contribution in [0.1, 0.15) is 0 Å². The van der Waals surface area contributed by atoms with Crippen molar-refractivity contribution in [3.05, 3.63) is 69.0 Å². The van der Waals surface area contributed by atoms with Crippen molar-refractivity contribution in [3.63, 3.8) is 0 Å². The van der Waals surface area contributed by atoms with E-state index in [1.807, 2.05) is 0 Å². The average Bonchev–Trinajstić information content (AvgIpc) is 2.86. The van der Waals surface area contributed by atoms with E-state index in [1.54, 1.807) is 24.3 Å². The quantitative estimate of drug-likeness (QED) is 0.488. The van der Waals surface area contributed by atoms with E-state index in [9.17, 15) is 8.78 Å². The van der Waals surface area contributed by atoms with Crippen LogP contribution in [-0.4, -0.2) is 9.55 Å². The Balaban J connectivity index is 2.27. The molecule has 0 N–H and O–H groups in total. The van der Waals surface area contributed by atoms with Gasteiger partial charge in [0.15, 0.2) is 0 Å². The van der Waals surface area contributed by atoms with Gasteiger partial charge in [0.25, 0.3) is 0 Å². The fourth-order valence-corrected chi connectivity index (χ4v) is 2.80. The molecule has 0 radical (unpaired) electrons. The third-order valence-electron chi connectivity index (χ3n) is 3.10. The number of rotatable bonds is 2. The SMILES string of the molecule is Fc1ccc(Br)c(F)c1-c1cnc(Cl)n1-c1ccc(Cl)cc1. The number of aromatic nitrogens is 2. The Bertz CT molecular complexity index is 847. The van der Waals surface area contributed by atoms with Crippen LogP contribution in [0.25, 0.3) is 16.9 Å². The topological polar surface area (TPSA) is 17.8 Å². The Morgan fingerprint density at radius 1 is 1.00 bits per heavy atom. The van der Waals surface area contributed by atoms with Crippen LogP contribution in [0.3, 0.4) is 0 Å². The Morgan fingerprint density at radius 3 is 2.36 bits per heavy atom. The highest BCUT2D eigenvalue weighted by Gasteiger charge is 2.20. The van der Waals surface area contributed by atoms with Gasteiger partial charge in [-0.2, -0.15) is 0 Å². The summed E-state index contributed by atoms with van der Waals surface area (Å²) in [4.78, 5) is 3.95. The standard InChI is InChI=1S/C15H7BrCl2F2N2/c16-10-5-6-11(19)13(14(10)20)12-7-21-15(18)22(12)9-3-1-8(17)2-4-9/h1-7H. The van der Waals surface area contributed by atoms with Crippen LogP contribution in [0.15, 0.2) is 47.1 Å². The monoisotopic (exact) mass is 402 g/mol. The zero-order valence-corrected chi connectivity index (χ0v) is 13.9. The predicted octanol–water partition coefficient (Wildman–Crippen LogP) is 5.89. The van der Waals surface area contributed by atoms with Crippen molar-refractivity contribution in [3.8, 4) is 16.9 Å². The second kappa shape index (κ2) is 5.99. The van der Waals surface area contributed by atoms with Gasteiger partial charge in [0.1, 0.15) is 11.6 Å². The van der Waals surface area contributed by atoms with Crippen LogP contribution in [0.2, 0.25) is 10.3 Å². The van der Waals surface area contributed by atoms with Crippen LogP contribution < -0.4 is 0 Å². The van der Waals surface area contributed by atoms with Crippen molar-refractivity contribution in [2.45, 2.75) is 0 Å². The zero-order chi connectivity index (χ0) is 15.9. The molecule has 0 aliphatic carbocycles. The number of benzene rings is 2. The Morgan fingerprint density at radius 2 is 1.68 bits per heavy atom. The number of nitrogens with zero attached hydrogens (tertiary/aromatic N) is 2. The van der Waals surface area contributed by atoms with E-state index in [4.69, 9.17) is 23.2 Å². The van der Waals surface area contributed by atoms with Gasteiger partial charge < -0.3 is 0 Å². The maximum absolute atomic E-state index is 14.3. The Labute approximate surface area is 143 Å². The molecule has 1 aromatic heterocycles. The van der Waals surface area contributed by atoms with E-state index in [1.165, 1.54) is 22.9 Å². The molecule has 2 aromatic carbocycles. The third-order valence-corrected chi connectivity index (χ3v) is 4.23. The second-order valence-corrected chi connectivity index (χ2v) is 6.07. The number of halogens is 5. The van der Waals surface area contributed by atoms with Crippen molar-refractivity contribution in [1.82, 2.24) is 9.55 Å². The maximum atomic E-state index is 14.3. The van der Waals surface area contributed by atoms with Crippen LogP contribution in [0.5, 0.6) is 0 Å². The zero-order valence-electron chi connectivity index (χ0n) is 10.8. The summed E-state index contributed by atoms with van der Waals surface area (Å²) in [6.45, 7) is 0. The summed E-state index contributed by atoms with van der Waals surface area (Å²) in [7, 11) is 0. The van der Waals surface area contributed by atoms with Crippen molar-refractivity contribution >= 4 is 39.1 Å². The van der Waals surface area contributed by atoms with Crippen molar-refractivity contribution in [2.75, 3.05) is 0 Å². The lowest BCUT2D eigenvalue weighted by molar-refractivity contribution is 0.584. The molecule has 0 spiro atoms. The molecule has 1 heterocycles. The van der Waals surface area contributed by atoms with Crippen molar-refractivity contribution in [1.29, 1.82) is 0 Å². The van der Waals surface area contributed by atoms with Gasteiger partial charge in [0, 0.05) is 10.7 Å². The molecule has 0 amide bonds. The summed E-state index contributed by atoms with van der Waals surface area (Å²) in [6, 6.07) is 9.17. The summed E-state index contributed by atoms with van der Waals surface area (Å²) >= 11 is 15.0. The lowest BCUT2D eigenvalue weighted by atomic mass is 10.1. The summed E-state index contributed by atoms with van der Waals surface area (Å²) in [6.07, 6.45) is 1.32. The summed E-state index contributed by atoms with van der Waals surface area (Å²) in [5.41, 5.74) is 0.605. The molecule has 0 fully saturated rings.